The van der Waals surface area contributed by atoms with E-state index in [9.17, 15) is 18.0 Å². The predicted molar refractivity (Wildman–Crippen MR) is 95.9 cm³/mol. The van der Waals surface area contributed by atoms with Crippen LogP contribution in [0.5, 0.6) is 5.75 Å². The van der Waals surface area contributed by atoms with Gasteiger partial charge in [-0.2, -0.15) is 13.2 Å². The van der Waals surface area contributed by atoms with Crippen molar-refractivity contribution < 1.29 is 22.7 Å². The molecule has 140 valence electrons. The van der Waals surface area contributed by atoms with Gasteiger partial charge in [0.15, 0.2) is 0 Å². The van der Waals surface area contributed by atoms with Gasteiger partial charge < -0.3 is 15.4 Å². The van der Waals surface area contributed by atoms with E-state index in [1.807, 2.05) is 0 Å². The summed E-state index contributed by atoms with van der Waals surface area (Å²) in [4.78, 5) is 12.1. The molecule has 26 heavy (non-hydrogen) atoms. The number of aryl methyl sites for hydroxylation is 1. The first-order valence-corrected chi connectivity index (χ1v) is 8.13. The highest BCUT2D eigenvalue weighted by Crippen LogP contribution is 2.31. The molecule has 2 aromatic rings. The summed E-state index contributed by atoms with van der Waals surface area (Å²) in [5, 5.41) is 6.04. The van der Waals surface area contributed by atoms with Crippen molar-refractivity contribution in [1.29, 1.82) is 0 Å². The molecule has 0 fully saturated rings. The Bertz CT molecular complexity index is 794. The highest BCUT2D eigenvalue weighted by Gasteiger charge is 2.30. The summed E-state index contributed by atoms with van der Waals surface area (Å²) in [6.07, 6.45) is -4.33. The fourth-order valence-corrected chi connectivity index (χ4v) is 2.42. The van der Waals surface area contributed by atoms with Crippen LogP contribution >= 0.6 is 11.6 Å². The fraction of sp³-hybridized carbons (Fsp3) is 0.278. The summed E-state index contributed by atoms with van der Waals surface area (Å²) >= 11 is 6.01. The summed E-state index contributed by atoms with van der Waals surface area (Å²) in [7, 11) is 1.46. The van der Waals surface area contributed by atoms with Crippen LogP contribution in [0.1, 0.15) is 17.5 Å². The quantitative estimate of drug-likeness (QED) is 0.724. The first-order valence-electron chi connectivity index (χ1n) is 7.76. The number of halogens is 4. The number of amides is 1. The lowest BCUT2D eigenvalue weighted by atomic mass is 10.2. The molecule has 0 heterocycles. The van der Waals surface area contributed by atoms with Crippen LogP contribution in [0.4, 0.5) is 24.5 Å². The molecule has 0 spiro atoms. The van der Waals surface area contributed by atoms with E-state index >= 15 is 0 Å². The van der Waals surface area contributed by atoms with E-state index in [4.69, 9.17) is 16.3 Å². The van der Waals surface area contributed by atoms with Gasteiger partial charge in [-0.05, 0) is 36.8 Å². The third-order valence-electron chi connectivity index (χ3n) is 3.63. The van der Waals surface area contributed by atoms with Crippen LogP contribution in [0.2, 0.25) is 5.02 Å². The smallest absolute Gasteiger partial charge is 0.416 e. The summed E-state index contributed by atoms with van der Waals surface area (Å²) < 4.78 is 43.2. The topological polar surface area (TPSA) is 50.4 Å². The Labute approximate surface area is 154 Å². The third kappa shape index (κ3) is 5.29. The molecule has 0 saturated carbocycles. The fourth-order valence-electron chi connectivity index (χ4n) is 2.27. The Morgan fingerprint density at radius 3 is 2.62 bits per heavy atom. The molecule has 2 N–H and O–H groups in total. The molecule has 0 bridgehead atoms. The van der Waals surface area contributed by atoms with Crippen molar-refractivity contribution in [2.75, 3.05) is 24.3 Å². The number of carbonyl (C=O) groups is 1. The molecule has 0 unspecified atom stereocenters. The Hall–Kier alpha value is -2.41. The van der Waals surface area contributed by atoms with Crippen molar-refractivity contribution in [2.24, 2.45) is 0 Å². The van der Waals surface area contributed by atoms with Gasteiger partial charge in [-0.3, -0.25) is 4.79 Å². The lowest BCUT2D eigenvalue weighted by Crippen LogP contribution is -2.17. The maximum atomic E-state index is 12.7. The number of hydrogen-bond donors (Lipinski definition) is 2. The maximum absolute atomic E-state index is 12.7. The summed E-state index contributed by atoms with van der Waals surface area (Å²) in [5.74, 6) is 0.129. The summed E-state index contributed by atoms with van der Waals surface area (Å²) in [6.45, 7) is 1.98. The second kappa shape index (κ2) is 8.31. The highest BCUT2D eigenvalue weighted by molar-refractivity contribution is 6.31. The van der Waals surface area contributed by atoms with Gasteiger partial charge in [0.2, 0.25) is 5.91 Å². The van der Waals surface area contributed by atoms with Crippen LogP contribution in [0, 0.1) is 6.92 Å². The van der Waals surface area contributed by atoms with Crippen LogP contribution in [0.25, 0.3) is 0 Å². The Kier molecular flexibility index (Phi) is 6.37. The molecule has 1 amide bonds. The molecular formula is C18H18ClF3N2O2. The van der Waals surface area contributed by atoms with Crippen molar-refractivity contribution in [2.45, 2.75) is 19.5 Å². The van der Waals surface area contributed by atoms with Crippen LogP contribution in [-0.2, 0) is 11.0 Å². The second-order valence-electron chi connectivity index (χ2n) is 5.61. The first kappa shape index (κ1) is 19.9. The minimum Gasteiger partial charge on any atom is -0.495 e. The van der Waals surface area contributed by atoms with E-state index in [-0.39, 0.29) is 18.9 Å². The average molecular weight is 387 g/mol. The number of hydrogen-bond acceptors (Lipinski definition) is 3. The number of methoxy groups -OCH3 is 1. The van der Waals surface area contributed by atoms with Crippen molar-refractivity contribution in [3.8, 4) is 5.75 Å². The molecule has 0 atom stereocenters. The van der Waals surface area contributed by atoms with Crippen LogP contribution in [0.3, 0.4) is 0 Å². The van der Waals surface area contributed by atoms with Crippen molar-refractivity contribution in [3.63, 3.8) is 0 Å². The van der Waals surface area contributed by atoms with Crippen molar-refractivity contribution in [3.05, 3.63) is 52.5 Å². The molecule has 0 aliphatic heterocycles. The third-order valence-corrected chi connectivity index (χ3v) is 4.03. The van der Waals surface area contributed by atoms with Gasteiger partial charge in [-0.25, -0.2) is 0 Å². The standard InChI is InChI=1S/C18H18ClF3N2O2/c1-11-8-15(16(26-2)10-14(11)19)24-17(25)6-7-23-13-5-3-4-12(9-13)18(20,21)22/h3-5,8-10,23H,6-7H2,1-2H3,(H,24,25). The van der Waals surface area contributed by atoms with Gasteiger partial charge in [0.05, 0.1) is 18.4 Å². The minimum absolute atomic E-state index is 0.0705. The molecule has 8 heteroatoms. The number of rotatable bonds is 6. The highest BCUT2D eigenvalue weighted by atomic mass is 35.5. The zero-order valence-electron chi connectivity index (χ0n) is 14.2. The summed E-state index contributed by atoms with van der Waals surface area (Å²) in [5.41, 5.74) is 0.823. The number of anilines is 2. The number of nitrogens with one attached hydrogen (secondary N) is 2. The molecule has 2 aromatic carbocycles. The molecule has 0 radical (unpaired) electrons. The molecule has 0 aromatic heterocycles. The average Bonchev–Trinajstić information content (AvgIpc) is 2.57. The molecular weight excluding hydrogens is 369 g/mol. The number of alkyl halides is 3. The predicted octanol–water partition coefficient (Wildman–Crippen LogP) is 5.12. The van der Waals surface area contributed by atoms with E-state index in [0.29, 0.717) is 22.1 Å². The zero-order chi connectivity index (χ0) is 19.3. The molecule has 0 aliphatic carbocycles. The molecule has 2 rings (SSSR count). The van der Waals surface area contributed by atoms with Crippen LogP contribution in [0.15, 0.2) is 36.4 Å². The maximum Gasteiger partial charge on any atom is 0.416 e. The van der Waals surface area contributed by atoms with Crippen LogP contribution in [-0.4, -0.2) is 19.6 Å². The Morgan fingerprint density at radius 1 is 1.23 bits per heavy atom. The first-order chi connectivity index (χ1) is 12.2. The monoisotopic (exact) mass is 386 g/mol. The van der Waals surface area contributed by atoms with Crippen molar-refractivity contribution in [1.82, 2.24) is 0 Å². The second-order valence-corrected chi connectivity index (χ2v) is 6.01. The lowest BCUT2D eigenvalue weighted by molar-refractivity contribution is -0.137. The number of carbonyl (C=O) groups excluding carboxylic acids is 1. The Balaban J connectivity index is 1.93. The van der Waals surface area contributed by atoms with E-state index in [1.165, 1.54) is 19.2 Å². The van der Waals surface area contributed by atoms with Gasteiger partial charge in [-0.15, -0.1) is 0 Å². The number of ether oxygens (including phenoxy) is 1. The normalized spacial score (nSPS) is 11.2. The van der Waals surface area contributed by atoms with E-state index in [1.54, 1.807) is 19.1 Å². The van der Waals surface area contributed by atoms with E-state index < -0.39 is 11.7 Å². The van der Waals surface area contributed by atoms with Crippen molar-refractivity contribution >= 4 is 28.9 Å². The summed E-state index contributed by atoms with van der Waals surface area (Å²) in [6, 6.07) is 8.12. The SMILES string of the molecule is COc1cc(Cl)c(C)cc1NC(=O)CCNc1cccc(C(F)(F)F)c1. The minimum atomic E-state index is -4.40. The van der Waals surface area contributed by atoms with Gasteiger partial charge in [-0.1, -0.05) is 17.7 Å². The van der Waals surface area contributed by atoms with Gasteiger partial charge in [0.25, 0.3) is 0 Å². The Morgan fingerprint density at radius 2 is 1.96 bits per heavy atom. The van der Waals surface area contributed by atoms with Gasteiger partial charge >= 0.3 is 6.18 Å². The largest absolute Gasteiger partial charge is 0.495 e. The molecule has 0 saturated heterocycles. The molecule has 0 aliphatic rings. The van der Waals surface area contributed by atoms with E-state index in [0.717, 1.165) is 17.7 Å². The van der Waals surface area contributed by atoms with Gasteiger partial charge in [0.1, 0.15) is 5.75 Å². The molecule has 4 nitrogen and oxygen atoms in total. The zero-order valence-corrected chi connectivity index (χ0v) is 15.0. The van der Waals surface area contributed by atoms with Crippen LogP contribution < -0.4 is 15.4 Å². The number of benzene rings is 2. The van der Waals surface area contributed by atoms with Gasteiger partial charge in [0, 0.05) is 29.7 Å². The van der Waals surface area contributed by atoms with E-state index in [2.05, 4.69) is 10.6 Å². The lowest BCUT2D eigenvalue weighted by Gasteiger charge is -2.13.